The summed E-state index contributed by atoms with van der Waals surface area (Å²) in [6.07, 6.45) is 7.82. The molecule has 0 atom stereocenters. The second-order valence-corrected chi connectivity index (χ2v) is 6.87. The molecule has 0 N–H and O–H groups in total. The molecule has 0 fully saturated rings. The Balaban J connectivity index is 1.42. The number of hydrogen-bond acceptors (Lipinski definition) is 5. The van der Waals surface area contributed by atoms with Gasteiger partial charge in [-0.2, -0.15) is 5.10 Å². The summed E-state index contributed by atoms with van der Waals surface area (Å²) in [5.74, 6) is -0.108. The molecule has 150 valence electrons. The fourth-order valence-corrected chi connectivity index (χ4v) is 3.31. The van der Waals surface area contributed by atoms with E-state index in [2.05, 4.69) is 20.5 Å². The Morgan fingerprint density at radius 2 is 1.87 bits per heavy atom. The molecule has 7 nitrogen and oxygen atoms in total. The Morgan fingerprint density at radius 1 is 1.07 bits per heavy atom. The maximum absolute atomic E-state index is 12.7. The van der Waals surface area contributed by atoms with Gasteiger partial charge in [0, 0.05) is 18.3 Å². The van der Waals surface area contributed by atoms with Crippen LogP contribution in [0.25, 0.3) is 6.08 Å². The van der Waals surface area contributed by atoms with E-state index in [1.54, 1.807) is 27.9 Å². The van der Waals surface area contributed by atoms with Gasteiger partial charge < -0.3 is 4.90 Å². The number of carbonyl (C=O) groups excluding carboxylic acids is 1. The summed E-state index contributed by atoms with van der Waals surface area (Å²) in [6, 6.07) is 17.8. The van der Waals surface area contributed by atoms with Crippen molar-refractivity contribution in [1.82, 2.24) is 15.0 Å². The number of hydrogen-bond donors (Lipinski definition) is 0. The van der Waals surface area contributed by atoms with Crippen LogP contribution in [0.2, 0.25) is 0 Å². The van der Waals surface area contributed by atoms with E-state index in [4.69, 9.17) is 0 Å². The number of amides is 1. The molecule has 1 aromatic heterocycles. The SMILES string of the molecule is CCCN1C(=O)/C(=N/N=C\C=C\c2cn(Cc3ccccc3)nn2)c2ccccc21. The molecule has 0 saturated carbocycles. The van der Waals surface area contributed by atoms with Crippen molar-refractivity contribution >= 4 is 29.6 Å². The lowest BCUT2D eigenvalue weighted by Crippen LogP contribution is -2.30. The number of benzene rings is 2. The van der Waals surface area contributed by atoms with Gasteiger partial charge in [0.25, 0.3) is 5.91 Å². The molecule has 0 bridgehead atoms. The minimum atomic E-state index is -0.108. The molecule has 0 radical (unpaired) electrons. The number of rotatable bonds is 7. The summed E-state index contributed by atoms with van der Waals surface area (Å²) in [5, 5.41) is 16.5. The van der Waals surface area contributed by atoms with Gasteiger partial charge in [-0.1, -0.05) is 60.7 Å². The third-order valence-corrected chi connectivity index (χ3v) is 4.67. The molecule has 2 aromatic carbocycles. The zero-order chi connectivity index (χ0) is 20.8. The first-order valence-electron chi connectivity index (χ1n) is 9.89. The van der Waals surface area contributed by atoms with Crippen molar-refractivity contribution in [2.75, 3.05) is 11.4 Å². The third kappa shape index (κ3) is 4.25. The molecule has 1 aliphatic heterocycles. The van der Waals surface area contributed by atoms with E-state index in [1.807, 2.05) is 67.7 Å². The molecule has 30 heavy (non-hydrogen) atoms. The van der Waals surface area contributed by atoms with E-state index in [-0.39, 0.29) is 5.91 Å². The standard InChI is InChI=1S/C23H22N6O/c1-2-15-29-21-13-7-6-12-20(21)22(23(29)30)26-24-14-8-11-19-17-28(27-25-19)16-18-9-4-3-5-10-18/h3-14,17H,2,15-16H2,1H3/b11-8+,24-14-,26-22+. The first-order valence-corrected chi connectivity index (χ1v) is 9.89. The number of para-hydroxylation sites is 1. The van der Waals surface area contributed by atoms with Crippen LogP contribution in [0.5, 0.6) is 0 Å². The quantitative estimate of drug-likeness (QED) is 0.451. The molecule has 7 heteroatoms. The van der Waals surface area contributed by atoms with E-state index < -0.39 is 0 Å². The largest absolute Gasteiger partial charge is 0.306 e. The van der Waals surface area contributed by atoms with Crippen molar-refractivity contribution in [3.05, 3.63) is 83.7 Å². The van der Waals surface area contributed by atoms with Gasteiger partial charge in [0.1, 0.15) is 5.69 Å². The first kappa shape index (κ1) is 19.4. The van der Waals surface area contributed by atoms with Gasteiger partial charge in [-0.25, -0.2) is 4.68 Å². The molecule has 1 amide bonds. The molecule has 2 heterocycles. The van der Waals surface area contributed by atoms with Crippen LogP contribution in [-0.4, -0.2) is 39.4 Å². The smallest absolute Gasteiger partial charge is 0.279 e. The van der Waals surface area contributed by atoms with E-state index in [0.29, 0.717) is 18.8 Å². The van der Waals surface area contributed by atoms with E-state index in [1.165, 1.54) is 0 Å². The molecule has 4 rings (SSSR count). The monoisotopic (exact) mass is 398 g/mol. The average molecular weight is 398 g/mol. The van der Waals surface area contributed by atoms with E-state index >= 15 is 0 Å². The van der Waals surface area contributed by atoms with Crippen molar-refractivity contribution in [2.24, 2.45) is 10.2 Å². The highest BCUT2D eigenvalue weighted by Gasteiger charge is 2.33. The molecular weight excluding hydrogens is 376 g/mol. The highest BCUT2D eigenvalue weighted by molar-refractivity contribution is 6.54. The molecule has 1 aliphatic rings. The Labute approximate surface area is 175 Å². The molecule has 0 spiro atoms. The maximum Gasteiger partial charge on any atom is 0.279 e. The summed E-state index contributed by atoms with van der Waals surface area (Å²) >= 11 is 0. The zero-order valence-electron chi connectivity index (χ0n) is 16.7. The Morgan fingerprint density at radius 3 is 2.70 bits per heavy atom. The minimum absolute atomic E-state index is 0.108. The number of aromatic nitrogens is 3. The van der Waals surface area contributed by atoms with Crippen LogP contribution in [-0.2, 0) is 11.3 Å². The van der Waals surface area contributed by atoms with Gasteiger partial charge in [0.15, 0.2) is 5.71 Å². The van der Waals surface area contributed by atoms with Crippen LogP contribution in [0.1, 0.15) is 30.2 Å². The Kier molecular flexibility index (Phi) is 5.89. The lowest BCUT2D eigenvalue weighted by Gasteiger charge is -2.14. The van der Waals surface area contributed by atoms with Gasteiger partial charge in [0.2, 0.25) is 0 Å². The number of fused-ring (bicyclic) bond motifs is 1. The van der Waals surface area contributed by atoms with Crippen molar-refractivity contribution in [3.8, 4) is 0 Å². The zero-order valence-corrected chi connectivity index (χ0v) is 16.7. The van der Waals surface area contributed by atoms with Gasteiger partial charge in [0.05, 0.1) is 18.4 Å². The first-order chi connectivity index (χ1) is 14.8. The van der Waals surface area contributed by atoms with Gasteiger partial charge in [-0.05, 0) is 30.2 Å². The second kappa shape index (κ2) is 9.09. The Bertz CT molecular complexity index is 1110. The maximum atomic E-state index is 12.7. The van der Waals surface area contributed by atoms with Crippen LogP contribution in [0.15, 0.2) is 77.1 Å². The summed E-state index contributed by atoms with van der Waals surface area (Å²) in [7, 11) is 0. The van der Waals surface area contributed by atoms with Crippen LogP contribution >= 0.6 is 0 Å². The molecule has 0 saturated heterocycles. The predicted octanol–water partition coefficient (Wildman–Crippen LogP) is 3.57. The van der Waals surface area contributed by atoms with Crippen molar-refractivity contribution in [2.45, 2.75) is 19.9 Å². The molecular formula is C23H22N6O. The average Bonchev–Trinajstić information content (AvgIpc) is 3.32. The van der Waals surface area contributed by atoms with Gasteiger partial charge >= 0.3 is 0 Å². The summed E-state index contributed by atoms with van der Waals surface area (Å²) < 4.78 is 1.78. The lowest BCUT2D eigenvalue weighted by atomic mass is 10.1. The van der Waals surface area contributed by atoms with Crippen molar-refractivity contribution in [3.63, 3.8) is 0 Å². The Hall–Kier alpha value is -3.87. The predicted molar refractivity (Wildman–Crippen MR) is 119 cm³/mol. The van der Waals surface area contributed by atoms with Crippen LogP contribution < -0.4 is 4.90 Å². The van der Waals surface area contributed by atoms with E-state index in [9.17, 15) is 4.79 Å². The lowest BCUT2D eigenvalue weighted by molar-refractivity contribution is -0.112. The highest BCUT2D eigenvalue weighted by atomic mass is 16.2. The number of anilines is 1. The number of allylic oxidation sites excluding steroid dienone is 1. The number of carbonyl (C=O) groups is 1. The summed E-state index contributed by atoms with van der Waals surface area (Å²) in [4.78, 5) is 14.4. The fourth-order valence-electron chi connectivity index (χ4n) is 3.31. The number of nitrogens with zero attached hydrogens (tertiary/aromatic N) is 6. The van der Waals surface area contributed by atoms with Crippen molar-refractivity contribution < 1.29 is 4.79 Å². The van der Waals surface area contributed by atoms with Crippen LogP contribution in [0, 0.1) is 0 Å². The van der Waals surface area contributed by atoms with E-state index in [0.717, 1.165) is 28.9 Å². The summed E-state index contributed by atoms with van der Waals surface area (Å²) in [6.45, 7) is 3.38. The van der Waals surface area contributed by atoms with Crippen molar-refractivity contribution in [1.29, 1.82) is 0 Å². The molecule has 3 aromatic rings. The minimum Gasteiger partial charge on any atom is -0.306 e. The van der Waals surface area contributed by atoms with Crippen LogP contribution in [0.4, 0.5) is 5.69 Å². The normalized spacial score (nSPS) is 15.0. The topological polar surface area (TPSA) is 75.7 Å². The summed E-state index contributed by atoms with van der Waals surface area (Å²) in [5.41, 5.74) is 3.97. The van der Waals surface area contributed by atoms with Gasteiger partial charge in [-0.15, -0.1) is 10.2 Å². The highest BCUT2D eigenvalue weighted by Crippen LogP contribution is 2.29. The molecule has 0 aliphatic carbocycles. The second-order valence-electron chi connectivity index (χ2n) is 6.87. The molecule has 0 unspecified atom stereocenters. The third-order valence-electron chi connectivity index (χ3n) is 4.67. The fraction of sp³-hybridized carbons (Fsp3) is 0.174. The van der Waals surface area contributed by atoms with Crippen LogP contribution in [0.3, 0.4) is 0 Å². The van der Waals surface area contributed by atoms with Gasteiger partial charge in [-0.3, -0.25) is 4.79 Å².